The molecule has 0 radical (unpaired) electrons. The predicted molar refractivity (Wildman–Crippen MR) is 107 cm³/mol. The first-order valence-electron chi connectivity index (χ1n) is 9.77. The number of halogens is 1. The second-order valence-electron chi connectivity index (χ2n) is 8.39. The lowest BCUT2D eigenvalue weighted by Gasteiger charge is -2.51. The average Bonchev–Trinajstić information content (AvgIpc) is 3.05. The summed E-state index contributed by atoms with van der Waals surface area (Å²) in [6.45, 7) is 3.18. The van der Waals surface area contributed by atoms with Crippen LogP contribution in [0.1, 0.15) is 20.7 Å². The van der Waals surface area contributed by atoms with Crippen molar-refractivity contribution in [2.24, 2.45) is 11.3 Å². The van der Waals surface area contributed by atoms with E-state index in [1.165, 1.54) is 12.3 Å². The fourth-order valence-corrected chi connectivity index (χ4v) is 4.58. The van der Waals surface area contributed by atoms with Gasteiger partial charge in [0.2, 0.25) is 0 Å². The number of carbonyl (C=O) groups is 2. The molecule has 0 bridgehead atoms. The third-order valence-corrected chi connectivity index (χ3v) is 6.01. The summed E-state index contributed by atoms with van der Waals surface area (Å²) in [5, 5.41) is 0. The fraction of sp³-hybridized carbons (Fsp3) is 0.409. The minimum absolute atomic E-state index is 0.0242. The number of hydrogen-bond donors (Lipinski definition) is 0. The van der Waals surface area contributed by atoms with Crippen LogP contribution in [0.4, 0.5) is 4.39 Å². The van der Waals surface area contributed by atoms with E-state index < -0.39 is 5.82 Å². The van der Waals surface area contributed by atoms with Crippen LogP contribution >= 0.6 is 0 Å². The van der Waals surface area contributed by atoms with E-state index in [0.29, 0.717) is 31.7 Å². The summed E-state index contributed by atoms with van der Waals surface area (Å²) < 4.78 is 14.0. The Morgan fingerprint density at radius 2 is 1.79 bits per heavy atom. The Kier molecular flexibility index (Phi) is 5.08. The maximum Gasteiger partial charge on any atom is 0.256 e. The van der Waals surface area contributed by atoms with Crippen LogP contribution in [0.5, 0.6) is 0 Å². The first-order valence-corrected chi connectivity index (χ1v) is 9.77. The minimum atomic E-state index is -0.601. The van der Waals surface area contributed by atoms with Crippen LogP contribution in [0.25, 0.3) is 0 Å². The largest absolute Gasteiger partial charge is 0.338 e. The number of carbonyl (C=O) groups excluding carboxylic acids is 2. The molecule has 4 rings (SSSR count). The molecule has 1 unspecified atom stereocenters. The molecule has 6 nitrogen and oxygen atoms in total. The summed E-state index contributed by atoms with van der Waals surface area (Å²) in [6, 6.07) is 10.7. The van der Waals surface area contributed by atoms with Gasteiger partial charge >= 0.3 is 0 Å². The van der Waals surface area contributed by atoms with Gasteiger partial charge in [-0.1, -0.05) is 18.2 Å². The molecule has 0 saturated carbocycles. The first kappa shape index (κ1) is 19.5. The minimum Gasteiger partial charge on any atom is -0.338 e. The van der Waals surface area contributed by atoms with Gasteiger partial charge in [-0.15, -0.1) is 0 Å². The molecule has 3 heterocycles. The number of rotatable bonds is 4. The SMILES string of the molecule is CN(C)CC1CN(C(=O)c2ccccc2)CC12CN(C(=O)c1ccncc1F)C2. The van der Waals surface area contributed by atoms with Gasteiger partial charge in [0.15, 0.2) is 5.82 Å². The molecular weight excluding hydrogens is 371 g/mol. The van der Waals surface area contributed by atoms with Crippen LogP contribution in [0, 0.1) is 17.2 Å². The maximum atomic E-state index is 14.0. The van der Waals surface area contributed by atoms with Crippen LogP contribution in [-0.2, 0) is 0 Å². The zero-order chi connectivity index (χ0) is 20.6. The zero-order valence-electron chi connectivity index (χ0n) is 16.7. The lowest BCUT2D eigenvalue weighted by atomic mass is 9.71. The van der Waals surface area contributed by atoms with E-state index in [2.05, 4.69) is 9.88 Å². The van der Waals surface area contributed by atoms with E-state index >= 15 is 0 Å². The molecule has 7 heteroatoms. The lowest BCUT2D eigenvalue weighted by Crippen LogP contribution is -2.63. The third-order valence-electron chi connectivity index (χ3n) is 6.01. The van der Waals surface area contributed by atoms with Gasteiger partial charge in [-0.25, -0.2) is 4.39 Å². The van der Waals surface area contributed by atoms with Crippen LogP contribution in [-0.4, -0.2) is 78.3 Å². The van der Waals surface area contributed by atoms with E-state index in [1.807, 2.05) is 49.3 Å². The van der Waals surface area contributed by atoms with Crippen molar-refractivity contribution in [3.63, 3.8) is 0 Å². The highest BCUT2D eigenvalue weighted by Gasteiger charge is 2.56. The summed E-state index contributed by atoms with van der Waals surface area (Å²) in [7, 11) is 4.03. The predicted octanol–water partition coefficient (Wildman–Crippen LogP) is 2.00. The first-order chi connectivity index (χ1) is 13.9. The van der Waals surface area contributed by atoms with Crippen molar-refractivity contribution in [3.8, 4) is 0 Å². The molecule has 1 aromatic heterocycles. The Balaban J connectivity index is 1.50. The highest BCUT2D eigenvalue weighted by molar-refractivity contribution is 5.96. The van der Waals surface area contributed by atoms with Gasteiger partial charge in [-0.05, 0) is 38.2 Å². The van der Waals surface area contributed by atoms with Crippen LogP contribution in [0.2, 0.25) is 0 Å². The Bertz CT molecular complexity index is 912. The van der Waals surface area contributed by atoms with E-state index in [9.17, 15) is 14.0 Å². The van der Waals surface area contributed by atoms with Gasteiger partial charge in [0.05, 0.1) is 11.8 Å². The molecule has 2 aliphatic rings. The summed E-state index contributed by atoms with van der Waals surface area (Å²) in [5.41, 5.74) is 0.585. The Morgan fingerprint density at radius 3 is 2.45 bits per heavy atom. The molecular formula is C22H25FN4O2. The average molecular weight is 396 g/mol. The normalized spacial score (nSPS) is 20.2. The van der Waals surface area contributed by atoms with Crippen molar-refractivity contribution in [1.82, 2.24) is 19.7 Å². The number of hydrogen-bond acceptors (Lipinski definition) is 4. The van der Waals surface area contributed by atoms with Gasteiger partial charge in [-0.2, -0.15) is 0 Å². The topological polar surface area (TPSA) is 56.8 Å². The maximum absolute atomic E-state index is 14.0. The van der Waals surface area contributed by atoms with Gasteiger partial charge in [0, 0.05) is 49.9 Å². The molecule has 1 atom stereocenters. The van der Waals surface area contributed by atoms with E-state index in [4.69, 9.17) is 0 Å². The molecule has 1 spiro atoms. The number of nitrogens with zero attached hydrogens (tertiary/aromatic N) is 4. The summed E-state index contributed by atoms with van der Waals surface area (Å²) in [6.07, 6.45) is 2.49. The number of benzene rings is 1. The Morgan fingerprint density at radius 1 is 1.10 bits per heavy atom. The number of amides is 2. The molecule has 29 heavy (non-hydrogen) atoms. The van der Waals surface area contributed by atoms with Gasteiger partial charge < -0.3 is 14.7 Å². The van der Waals surface area contributed by atoms with Crippen molar-refractivity contribution in [3.05, 3.63) is 65.7 Å². The smallest absolute Gasteiger partial charge is 0.256 e. The quantitative estimate of drug-likeness (QED) is 0.793. The van der Waals surface area contributed by atoms with Crippen molar-refractivity contribution >= 4 is 11.8 Å². The number of pyridine rings is 1. The molecule has 0 N–H and O–H groups in total. The molecule has 2 aliphatic heterocycles. The second-order valence-corrected chi connectivity index (χ2v) is 8.39. The monoisotopic (exact) mass is 396 g/mol. The van der Waals surface area contributed by atoms with Crippen LogP contribution < -0.4 is 0 Å². The molecule has 1 aromatic carbocycles. The summed E-state index contributed by atoms with van der Waals surface area (Å²) in [4.78, 5) is 35.1. The van der Waals surface area contributed by atoms with Crippen molar-refractivity contribution in [2.75, 3.05) is 46.8 Å². The second kappa shape index (κ2) is 7.55. The Labute approximate surface area is 169 Å². The molecule has 152 valence electrons. The van der Waals surface area contributed by atoms with Gasteiger partial charge in [0.1, 0.15) is 0 Å². The number of likely N-dealkylation sites (tertiary alicyclic amines) is 2. The fourth-order valence-electron chi connectivity index (χ4n) is 4.58. The van der Waals surface area contributed by atoms with Crippen molar-refractivity contribution in [1.29, 1.82) is 0 Å². The molecule has 0 aliphatic carbocycles. The highest BCUT2D eigenvalue weighted by atomic mass is 19.1. The van der Waals surface area contributed by atoms with Crippen molar-refractivity contribution < 1.29 is 14.0 Å². The third kappa shape index (κ3) is 3.62. The molecule has 2 fully saturated rings. The van der Waals surface area contributed by atoms with Crippen LogP contribution in [0.3, 0.4) is 0 Å². The lowest BCUT2D eigenvalue weighted by molar-refractivity contribution is -0.0150. The summed E-state index contributed by atoms with van der Waals surface area (Å²) >= 11 is 0. The summed E-state index contributed by atoms with van der Waals surface area (Å²) in [5.74, 6) is -0.629. The van der Waals surface area contributed by atoms with Crippen molar-refractivity contribution in [2.45, 2.75) is 0 Å². The van der Waals surface area contributed by atoms with Gasteiger partial charge in [-0.3, -0.25) is 14.6 Å². The van der Waals surface area contributed by atoms with Gasteiger partial charge in [0.25, 0.3) is 11.8 Å². The van der Waals surface area contributed by atoms with E-state index in [0.717, 1.165) is 12.7 Å². The van der Waals surface area contributed by atoms with E-state index in [1.54, 1.807) is 4.90 Å². The standard InChI is InChI=1S/C22H25FN4O2/c1-25(2)11-17-12-26(20(28)16-6-4-3-5-7-16)13-22(17)14-27(15-22)21(29)18-8-9-24-10-19(18)23/h3-10,17H,11-15H2,1-2H3. The zero-order valence-corrected chi connectivity index (χ0v) is 16.7. The Hall–Kier alpha value is -2.80. The molecule has 2 amide bonds. The van der Waals surface area contributed by atoms with Crippen LogP contribution in [0.15, 0.2) is 48.8 Å². The molecule has 2 saturated heterocycles. The highest BCUT2D eigenvalue weighted by Crippen LogP contribution is 2.45. The molecule has 2 aromatic rings. The van der Waals surface area contributed by atoms with E-state index in [-0.39, 0.29) is 28.7 Å². The number of aromatic nitrogens is 1.